The van der Waals surface area contributed by atoms with Crippen molar-refractivity contribution in [3.63, 3.8) is 0 Å². The first-order valence-electron chi connectivity index (χ1n) is 8.26. The van der Waals surface area contributed by atoms with Crippen molar-refractivity contribution in [2.75, 3.05) is 4.90 Å². The molecule has 0 N–H and O–H groups in total. The number of nitrogens with zero attached hydrogens (tertiary/aromatic N) is 3. The van der Waals surface area contributed by atoms with Crippen LogP contribution in [0.4, 0.5) is 10.1 Å². The maximum atomic E-state index is 13.4. The summed E-state index contributed by atoms with van der Waals surface area (Å²) in [6.07, 6.45) is 2.87. The van der Waals surface area contributed by atoms with E-state index >= 15 is 0 Å². The Hall–Kier alpha value is -3.47. The zero-order valence-electron chi connectivity index (χ0n) is 13.9. The van der Waals surface area contributed by atoms with Gasteiger partial charge in [0.2, 0.25) is 0 Å². The lowest BCUT2D eigenvalue weighted by atomic mass is 10.2. The molecule has 0 aliphatic heterocycles. The van der Waals surface area contributed by atoms with Gasteiger partial charge >= 0.3 is 0 Å². The number of hydrogen-bond donors (Lipinski definition) is 0. The molecule has 2 heterocycles. The maximum absolute atomic E-state index is 13.4. The molecule has 2 aromatic heterocycles. The van der Waals surface area contributed by atoms with E-state index < -0.39 is 0 Å². The van der Waals surface area contributed by atoms with E-state index in [2.05, 4.69) is 4.98 Å². The van der Waals surface area contributed by atoms with Crippen molar-refractivity contribution in [1.29, 1.82) is 0 Å². The lowest BCUT2D eigenvalue weighted by Gasteiger charge is -2.22. The van der Waals surface area contributed by atoms with Crippen molar-refractivity contribution in [3.05, 3.63) is 102 Å². The molecule has 0 atom stereocenters. The number of para-hydroxylation sites is 1. The predicted octanol–water partition coefficient (Wildman–Crippen LogP) is 4.32. The molecule has 26 heavy (non-hydrogen) atoms. The lowest BCUT2D eigenvalue weighted by Crippen LogP contribution is -2.30. The molecule has 0 radical (unpaired) electrons. The number of fused-ring (bicyclic) bond motifs is 1. The summed E-state index contributed by atoms with van der Waals surface area (Å²) in [5.41, 5.74) is 2.60. The number of carbonyl (C=O) groups excluding carboxylic acids is 1. The van der Waals surface area contributed by atoms with Crippen LogP contribution in [0, 0.1) is 5.82 Å². The minimum absolute atomic E-state index is 0.232. The lowest BCUT2D eigenvalue weighted by molar-refractivity contribution is 0.0981. The molecule has 4 rings (SSSR count). The van der Waals surface area contributed by atoms with Gasteiger partial charge in [-0.25, -0.2) is 9.37 Å². The minimum atomic E-state index is -0.377. The fourth-order valence-corrected chi connectivity index (χ4v) is 2.86. The summed E-state index contributed by atoms with van der Waals surface area (Å²) in [6.45, 7) is 0.423. The second-order valence-corrected chi connectivity index (χ2v) is 5.95. The molecular formula is C21H16FN3O. The van der Waals surface area contributed by atoms with E-state index in [0.29, 0.717) is 12.2 Å². The molecule has 0 fully saturated rings. The highest BCUT2D eigenvalue weighted by atomic mass is 19.1. The van der Waals surface area contributed by atoms with Crippen LogP contribution < -0.4 is 4.90 Å². The van der Waals surface area contributed by atoms with Crippen LogP contribution in [0.25, 0.3) is 5.65 Å². The molecule has 0 aliphatic carbocycles. The van der Waals surface area contributed by atoms with Crippen LogP contribution in [-0.2, 0) is 6.54 Å². The van der Waals surface area contributed by atoms with Gasteiger partial charge in [0.15, 0.2) is 0 Å². The molecule has 4 nitrogen and oxygen atoms in total. The summed E-state index contributed by atoms with van der Waals surface area (Å²) in [7, 11) is 0. The van der Waals surface area contributed by atoms with Crippen LogP contribution in [0.1, 0.15) is 16.1 Å². The van der Waals surface area contributed by atoms with Crippen molar-refractivity contribution in [2.24, 2.45) is 0 Å². The average molecular weight is 345 g/mol. The SMILES string of the molecule is O=C(c1cn2cc(F)ccc2n1)N(Cc1ccccc1)c1ccccc1. The highest BCUT2D eigenvalue weighted by molar-refractivity contribution is 6.05. The molecule has 2 aromatic carbocycles. The number of benzene rings is 2. The number of imidazole rings is 1. The van der Waals surface area contributed by atoms with Gasteiger partial charge in [-0.15, -0.1) is 0 Å². The molecule has 0 saturated carbocycles. The zero-order valence-corrected chi connectivity index (χ0v) is 13.9. The summed E-state index contributed by atoms with van der Waals surface area (Å²) in [4.78, 5) is 19.2. The Morgan fingerprint density at radius 3 is 2.35 bits per heavy atom. The Bertz CT molecular complexity index is 1040. The zero-order chi connectivity index (χ0) is 17.9. The van der Waals surface area contributed by atoms with Crippen molar-refractivity contribution < 1.29 is 9.18 Å². The molecule has 0 saturated heterocycles. The van der Waals surface area contributed by atoms with Crippen LogP contribution >= 0.6 is 0 Å². The molecule has 0 spiro atoms. The highest BCUT2D eigenvalue weighted by Gasteiger charge is 2.21. The Balaban J connectivity index is 1.73. The van der Waals surface area contributed by atoms with E-state index in [1.807, 2.05) is 60.7 Å². The number of aromatic nitrogens is 2. The van der Waals surface area contributed by atoms with Gasteiger partial charge in [-0.1, -0.05) is 48.5 Å². The number of carbonyl (C=O) groups is 1. The highest BCUT2D eigenvalue weighted by Crippen LogP contribution is 2.20. The monoisotopic (exact) mass is 345 g/mol. The molecule has 0 aliphatic rings. The topological polar surface area (TPSA) is 37.6 Å². The Morgan fingerprint density at radius 1 is 0.923 bits per heavy atom. The van der Waals surface area contributed by atoms with Gasteiger partial charge in [0.1, 0.15) is 17.2 Å². The van der Waals surface area contributed by atoms with E-state index in [9.17, 15) is 9.18 Å². The quantitative estimate of drug-likeness (QED) is 0.552. The number of anilines is 1. The Morgan fingerprint density at radius 2 is 1.62 bits per heavy atom. The second-order valence-electron chi connectivity index (χ2n) is 5.95. The van der Waals surface area contributed by atoms with Crippen LogP contribution in [0.5, 0.6) is 0 Å². The van der Waals surface area contributed by atoms with Crippen LogP contribution in [0.2, 0.25) is 0 Å². The smallest absolute Gasteiger partial charge is 0.278 e. The van der Waals surface area contributed by atoms with Crippen LogP contribution in [0.3, 0.4) is 0 Å². The number of rotatable bonds is 4. The van der Waals surface area contributed by atoms with Crippen molar-refractivity contribution in [3.8, 4) is 0 Å². The van der Waals surface area contributed by atoms with Gasteiger partial charge < -0.3 is 9.30 Å². The van der Waals surface area contributed by atoms with Crippen molar-refractivity contribution in [2.45, 2.75) is 6.54 Å². The van der Waals surface area contributed by atoms with E-state index in [1.165, 1.54) is 16.7 Å². The Kier molecular flexibility index (Phi) is 4.19. The number of hydrogen-bond acceptors (Lipinski definition) is 2. The molecular weight excluding hydrogens is 329 g/mol. The largest absolute Gasteiger partial charge is 0.303 e. The molecule has 128 valence electrons. The number of amides is 1. The Labute approximate surface area is 150 Å². The third kappa shape index (κ3) is 3.19. The first kappa shape index (κ1) is 16.0. The number of halogens is 1. The second kappa shape index (κ2) is 6.80. The first-order chi connectivity index (χ1) is 12.7. The van der Waals surface area contributed by atoms with Gasteiger partial charge in [0.05, 0.1) is 6.54 Å². The number of pyridine rings is 1. The predicted molar refractivity (Wildman–Crippen MR) is 98.5 cm³/mol. The third-order valence-electron chi connectivity index (χ3n) is 4.13. The average Bonchev–Trinajstić information content (AvgIpc) is 3.10. The summed E-state index contributed by atoms with van der Waals surface area (Å²) in [5, 5.41) is 0. The van der Waals surface area contributed by atoms with Gasteiger partial charge in [0.25, 0.3) is 5.91 Å². The van der Waals surface area contributed by atoms with Crippen molar-refractivity contribution in [1.82, 2.24) is 9.38 Å². The summed E-state index contributed by atoms with van der Waals surface area (Å²) in [6, 6.07) is 22.1. The molecule has 0 unspecified atom stereocenters. The molecule has 4 aromatic rings. The van der Waals surface area contributed by atoms with Gasteiger partial charge in [0, 0.05) is 18.1 Å². The van der Waals surface area contributed by atoms with Crippen LogP contribution in [0.15, 0.2) is 85.2 Å². The van der Waals surface area contributed by atoms with Gasteiger partial charge in [-0.2, -0.15) is 0 Å². The summed E-state index contributed by atoms with van der Waals surface area (Å²) >= 11 is 0. The van der Waals surface area contributed by atoms with E-state index in [-0.39, 0.29) is 17.4 Å². The van der Waals surface area contributed by atoms with Crippen LogP contribution in [-0.4, -0.2) is 15.3 Å². The van der Waals surface area contributed by atoms with E-state index in [0.717, 1.165) is 11.3 Å². The van der Waals surface area contributed by atoms with E-state index in [1.54, 1.807) is 17.2 Å². The molecule has 1 amide bonds. The van der Waals surface area contributed by atoms with Crippen molar-refractivity contribution >= 4 is 17.2 Å². The third-order valence-corrected chi connectivity index (χ3v) is 4.13. The minimum Gasteiger partial charge on any atom is -0.303 e. The maximum Gasteiger partial charge on any atom is 0.278 e. The standard InChI is InChI=1S/C21H16FN3O/c22-17-11-12-20-23-19(15-24(20)14-17)21(26)25(18-9-5-2-6-10-18)13-16-7-3-1-4-8-16/h1-12,14-15H,13H2. The van der Waals surface area contributed by atoms with Gasteiger partial charge in [-0.05, 0) is 29.8 Å². The summed E-state index contributed by atoms with van der Waals surface area (Å²) < 4.78 is 14.9. The fourth-order valence-electron chi connectivity index (χ4n) is 2.86. The van der Waals surface area contributed by atoms with Gasteiger partial charge in [-0.3, -0.25) is 4.79 Å². The van der Waals surface area contributed by atoms with E-state index in [4.69, 9.17) is 0 Å². The molecule has 0 bridgehead atoms. The fraction of sp³-hybridized carbons (Fsp3) is 0.0476. The normalized spacial score (nSPS) is 10.8. The first-order valence-corrected chi connectivity index (χ1v) is 8.26. The molecule has 5 heteroatoms. The summed E-state index contributed by atoms with van der Waals surface area (Å²) in [5.74, 6) is -0.609.